The molecule has 1 heterocycles. The van der Waals surface area contributed by atoms with Crippen molar-refractivity contribution in [1.82, 2.24) is 20.4 Å². The molecule has 2 unspecified atom stereocenters. The molecular weight excluding hydrogens is 236 g/mol. The maximum Gasteiger partial charge on any atom is 0.315 e. The summed E-state index contributed by atoms with van der Waals surface area (Å²) in [5.41, 5.74) is 0. The fourth-order valence-electron chi connectivity index (χ4n) is 1.34. The summed E-state index contributed by atoms with van der Waals surface area (Å²) in [6.45, 7) is 4.06. The number of urea groups is 1. The molecule has 2 amide bonds. The van der Waals surface area contributed by atoms with Gasteiger partial charge in [0, 0.05) is 25.0 Å². The summed E-state index contributed by atoms with van der Waals surface area (Å²) in [6.07, 6.45) is 3.48. The molecule has 0 aliphatic carbocycles. The zero-order chi connectivity index (χ0) is 13.5. The first-order valence-corrected chi connectivity index (χ1v) is 5.73. The van der Waals surface area contributed by atoms with Crippen molar-refractivity contribution in [2.24, 2.45) is 5.92 Å². The van der Waals surface area contributed by atoms with Gasteiger partial charge in [-0.25, -0.2) is 4.79 Å². The highest BCUT2D eigenvalue weighted by Gasteiger charge is 2.13. The van der Waals surface area contributed by atoms with Crippen LogP contribution in [-0.4, -0.2) is 39.5 Å². The van der Waals surface area contributed by atoms with Crippen LogP contribution in [-0.2, 0) is 11.3 Å². The highest BCUT2D eigenvalue weighted by atomic mass is 16.4. The van der Waals surface area contributed by atoms with Crippen molar-refractivity contribution in [3.05, 3.63) is 18.5 Å². The molecule has 0 spiro atoms. The van der Waals surface area contributed by atoms with E-state index in [1.807, 2.05) is 13.1 Å². The monoisotopic (exact) mass is 254 g/mol. The highest BCUT2D eigenvalue weighted by Crippen LogP contribution is 1.93. The maximum atomic E-state index is 11.5. The quantitative estimate of drug-likeness (QED) is 0.680. The third kappa shape index (κ3) is 4.86. The van der Waals surface area contributed by atoms with Crippen LogP contribution in [0.1, 0.15) is 13.8 Å². The van der Waals surface area contributed by atoms with Gasteiger partial charge in [-0.1, -0.05) is 6.92 Å². The Labute approximate surface area is 105 Å². The summed E-state index contributed by atoms with van der Waals surface area (Å²) in [7, 11) is 0. The Kier molecular flexibility index (Phi) is 5.16. The first-order valence-electron chi connectivity index (χ1n) is 5.73. The van der Waals surface area contributed by atoms with Gasteiger partial charge in [-0.3, -0.25) is 9.48 Å². The van der Waals surface area contributed by atoms with E-state index in [-0.39, 0.29) is 18.6 Å². The number of aliphatic carboxylic acids is 1. The molecule has 0 aliphatic heterocycles. The number of aromatic nitrogens is 2. The molecule has 1 rings (SSSR count). The highest BCUT2D eigenvalue weighted by molar-refractivity contribution is 5.75. The van der Waals surface area contributed by atoms with Crippen molar-refractivity contribution in [3.8, 4) is 0 Å². The Hall–Kier alpha value is -2.05. The standard InChI is InChI=1S/C11H18N4O3/c1-8(10(16)17)6-12-11(18)14-9(2)7-15-5-3-4-13-15/h3-5,8-9H,6-7H2,1-2H3,(H,16,17)(H2,12,14,18). The molecule has 0 fully saturated rings. The molecular formula is C11H18N4O3. The number of nitrogens with zero attached hydrogens (tertiary/aromatic N) is 2. The van der Waals surface area contributed by atoms with Gasteiger partial charge in [-0.2, -0.15) is 5.10 Å². The molecule has 3 N–H and O–H groups in total. The van der Waals surface area contributed by atoms with Gasteiger partial charge in [0.1, 0.15) is 0 Å². The fraction of sp³-hybridized carbons (Fsp3) is 0.545. The van der Waals surface area contributed by atoms with E-state index in [4.69, 9.17) is 5.11 Å². The van der Waals surface area contributed by atoms with Gasteiger partial charge in [0.25, 0.3) is 0 Å². The lowest BCUT2D eigenvalue weighted by Crippen LogP contribution is -2.44. The molecule has 0 radical (unpaired) electrons. The molecule has 0 aromatic carbocycles. The van der Waals surface area contributed by atoms with Crippen LogP contribution in [0.15, 0.2) is 18.5 Å². The van der Waals surface area contributed by atoms with E-state index in [1.165, 1.54) is 6.92 Å². The minimum atomic E-state index is -0.931. The molecule has 7 heteroatoms. The van der Waals surface area contributed by atoms with E-state index in [2.05, 4.69) is 15.7 Å². The second-order valence-electron chi connectivity index (χ2n) is 4.22. The van der Waals surface area contributed by atoms with Crippen molar-refractivity contribution in [2.75, 3.05) is 6.54 Å². The summed E-state index contributed by atoms with van der Waals surface area (Å²) in [4.78, 5) is 22.0. The first-order chi connectivity index (χ1) is 8.49. The number of carboxylic acid groups (broad SMARTS) is 1. The van der Waals surface area contributed by atoms with Gasteiger partial charge in [0.15, 0.2) is 0 Å². The minimum Gasteiger partial charge on any atom is -0.481 e. The fourth-order valence-corrected chi connectivity index (χ4v) is 1.34. The Morgan fingerprint density at radius 1 is 1.44 bits per heavy atom. The zero-order valence-corrected chi connectivity index (χ0v) is 10.5. The van der Waals surface area contributed by atoms with Crippen molar-refractivity contribution in [2.45, 2.75) is 26.4 Å². The lowest BCUT2D eigenvalue weighted by molar-refractivity contribution is -0.140. The number of rotatable bonds is 6. The van der Waals surface area contributed by atoms with Gasteiger partial charge >= 0.3 is 12.0 Å². The normalized spacial score (nSPS) is 13.7. The van der Waals surface area contributed by atoms with Gasteiger partial charge < -0.3 is 15.7 Å². The van der Waals surface area contributed by atoms with Crippen LogP contribution in [0, 0.1) is 5.92 Å². The van der Waals surface area contributed by atoms with Crippen molar-refractivity contribution >= 4 is 12.0 Å². The van der Waals surface area contributed by atoms with Crippen molar-refractivity contribution in [1.29, 1.82) is 0 Å². The van der Waals surface area contributed by atoms with E-state index in [1.54, 1.807) is 16.9 Å². The molecule has 18 heavy (non-hydrogen) atoms. The number of hydrogen-bond acceptors (Lipinski definition) is 3. The predicted octanol–water partition coefficient (Wildman–Crippen LogP) is 0.291. The van der Waals surface area contributed by atoms with Gasteiger partial charge in [-0.15, -0.1) is 0 Å². The van der Waals surface area contributed by atoms with Crippen molar-refractivity contribution in [3.63, 3.8) is 0 Å². The van der Waals surface area contributed by atoms with Crippen LogP contribution in [0.2, 0.25) is 0 Å². The Morgan fingerprint density at radius 3 is 2.72 bits per heavy atom. The van der Waals surface area contributed by atoms with Crippen LogP contribution in [0.25, 0.3) is 0 Å². The molecule has 2 atom stereocenters. The summed E-state index contributed by atoms with van der Waals surface area (Å²) >= 11 is 0. The number of hydrogen-bond donors (Lipinski definition) is 3. The second kappa shape index (κ2) is 6.63. The third-order valence-electron chi connectivity index (χ3n) is 2.39. The third-order valence-corrected chi connectivity index (χ3v) is 2.39. The lowest BCUT2D eigenvalue weighted by Gasteiger charge is -2.15. The van der Waals surface area contributed by atoms with E-state index in [0.717, 1.165) is 0 Å². The molecule has 0 aliphatic rings. The predicted molar refractivity (Wildman–Crippen MR) is 65.0 cm³/mol. The maximum absolute atomic E-state index is 11.5. The van der Waals surface area contributed by atoms with Crippen LogP contribution in [0.5, 0.6) is 0 Å². The SMILES string of the molecule is CC(Cn1cccn1)NC(=O)NCC(C)C(=O)O. The van der Waals surface area contributed by atoms with Crippen LogP contribution < -0.4 is 10.6 Å². The second-order valence-corrected chi connectivity index (χ2v) is 4.22. The largest absolute Gasteiger partial charge is 0.481 e. The summed E-state index contributed by atoms with van der Waals surface area (Å²) < 4.78 is 1.71. The van der Waals surface area contributed by atoms with Gasteiger partial charge in [0.05, 0.1) is 12.5 Å². The number of carbonyl (C=O) groups is 2. The van der Waals surface area contributed by atoms with Gasteiger partial charge in [-0.05, 0) is 13.0 Å². The van der Waals surface area contributed by atoms with E-state index in [0.29, 0.717) is 6.54 Å². The molecule has 7 nitrogen and oxygen atoms in total. The summed E-state index contributed by atoms with van der Waals surface area (Å²) in [5, 5.41) is 17.9. The number of carbonyl (C=O) groups excluding carboxylic acids is 1. The van der Waals surface area contributed by atoms with E-state index >= 15 is 0 Å². The molecule has 0 bridgehead atoms. The Balaban J connectivity index is 2.25. The topological polar surface area (TPSA) is 96.3 Å². The van der Waals surface area contributed by atoms with Crippen molar-refractivity contribution < 1.29 is 14.7 Å². The molecule has 0 saturated carbocycles. The smallest absolute Gasteiger partial charge is 0.315 e. The molecule has 100 valence electrons. The number of nitrogens with one attached hydrogen (secondary N) is 2. The van der Waals surface area contributed by atoms with E-state index < -0.39 is 11.9 Å². The van der Waals surface area contributed by atoms with Crippen LogP contribution in [0.3, 0.4) is 0 Å². The lowest BCUT2D eigenvalue weighted by atomic mass is 10.2. The van der Waals surface area contributed by atoms with Crippen LogP contribution >= 0.6 is 0 Å². The summed E-state index contributed by atoms with van der Waals surface area (Å²) in [6, 6.07) is 1.34. The number of carboxylic acids is 1. The van der Waals surface area contributed by atoms with E-state index in [9.17, 15) is 9.59 Å². The first kappa shape index (κ1) is 14.0. The van der Waals surface area contributed by atoms with Crippen LogP contribution in [0.4, 0.5) is 4.79 Å². The molecule has 1 aromatic rings. The average molecular weight is 254 g/mol. The Bertz CT molecular complexity index is 391. The minimum absolute atomic E-state index is 0.0926. The Morgan fingerprint density at radius 2 is 2.17 bits per heavy atom. The molecule has 0 saturated heterocycles. The van der Waals surface area contributed by atoms with Gasteiger partial charge in [0.2, 0.25) is 0 Å². The number of amides is 2. The molecule has 1 aromatic heterocycles. The average Bonchev–Trinajstić information content (AvgIpc) is 2.78. The zero-order valence-electron chi connectivity index (χ0n) is 10.5. The summed E-state index contributed by atoms with van der Waals surface area (Å²) in [5.74, 6) is -1.53.